The van der Waals surface area contributed by atoms with Gasteiger partial charge in [0.15, 0.2) is 0 Å². The number of benzene rings is 1. The molecule has 0 amide bonds. The van der Waals surface area contributed by atoms with Crippen molar-refractivity contribution < 1.29 is 5.11 Å². The van der Waals surface area contributed by atoms with Crippen molar-refractivity contribution in [3.8, 4) is 0 Å². The van der Waals surface area contributed by atoms with Gasteiger partial charge in [-0.3, -0.25) is 0 Å². The molecule has 2 heteroatoms. The van der Waals surface area contributed by atoms with Crippen LogP contribution in [0.1, 0.15) is 43.2 Å². The average molecular weight is 245 g/mol. The zero-order valence-corrected chi connectivity index (χ0v) is 11.0. The molecule has 98 valence electrons. The molecule has 1 unspecified atom stereocenters. The Morgan fingerprint density at radius 3 is 2.78 bits per heavy atom. The number of aliphatic hydroxyl groups is 1. The summed E-state index contributed by atoms with van der Waals surface area (Å²) >= 11 is 0. The Bertz CT molecular complexity index is 411. The molecule has 2 nitrogen and oxygen atoms in total. The topological polar surface area (TPSA) is 32.3 Å². The van der Waals surface area contributed by atoms with E-state index in [4.69, 9.17) is 0 Å². The third kappa shape index (κ3) is 2.08. The molecular weight excluding hydrogens is 222 g/mol. The summed E-state index contributed by atoms with van der Waals surface area (Å²) in [5, 5.41) is 13.6. The van der Waals surface area contributed by atoms with Gasteiger partial charge >= 0.3 is 0 Å². The van der Waals surface area contributed by atoms with Gasteiger partial charge in [0, 0.05) is 0 Å². The van der Waals surface area contributed by atoms with E-state index in [-0.39, 0.29) is 12.1 Å². The van der Waals surface area contributed by atoms with Crippen molar-refractivity contribution in [2.45, 2.75) is 44.1 Å². The van der Waals surface area contributed by atoms with E-state index >= 15 is 0 Å². The molecule has 0 bridgehead atoms. The van der Waals surface area contributed by atoms with Crippen molar-refractivity contribution >= 4 is 0 Å². The molecule has 1 saturated carbocycles. The minimum absolute atomic E-state index is 0.167. The molecule has 0 radical (unpaired) electrons. The quantitative estimate of drug-likeness (QED) is 0.854. The van der Waals surface area contributed by atoms with Crippen LogP contribution in [-0.2, 0) is 12.0 Å². The number of hydrogen-bond acceptors (Lipinski definition) is 2. The first-order chi connectivity index (χ1) is 8.84. The molecule has 0 saturated heterocycles. The van der Waals surface area contributed by atoms with Gasteiger partial charge in [0.1, 0.15) is 0 Å². The Kier molecular flexibility index (Phi) is 3.40. The Morgan fingerprint density at radius 1 is 1.22 bits per heavy atom. The number of aliphatic hydroxyl groups excluding tert-OH is 1. The maximum Gasteiger partial charge on any atom is 0.0675 e. The van der Waals surface area contributed by atoms with Gasteiger partial charge in [0.25, 0.3) is 0 Å². The van der Waals surface area contributed by atoms with Crippen molar-refractivity contribution in [1.82, 2.24) is 5.32 Å². The molecule has 18 heavy (non-hydrogen) atoms. The van der Waals surface area contributed by atoms with Crippen molar-refractivity contribution in [3.05, 3.63) is 35.4 Å². The van der Waals surface area contributed by atoms with Crippen LogP contribution in [0.5, 0.6) is 0 Å². The van der Waals surface area contributed by atoms with Crippen molar-refractivity contribution in [2.75, 3.05) is 13.2 Å². The second-order valence-corrected chi connectivity index (χ2v) is 5.93. The van der Waals surface area contributed by atoms with Crippen LogP contribution in [0.2, 0.25) is 0 Å². The van der Waals surface area contributed by atoms with Gasteiger partial charge in [-0.2, -0.15) is 0 Å². The third-order valence-corrected chi connectivity index (χ3v) is 4.83. The summed E-state index contributed by atoms with van der Waals surface area (Å²) in [4.78, 5) is 0. The van der Waals surface area contributed by atoms with E-state index in [2.05, 4.69) is 29.6 Å². The molecule has 2 aliphatic rings. The van der Waals surface area contributed by atoms with E-state index in [0.717, 1.165) is 25.3 Å². The van der Waals surface area contributed by atoms with Crippen LogP contribution in [0, 0.1) is 5.92 Å². The SMILES string of the molecule is OCC1(NCC2CCCC2)CCc2ccccc21. The summed E-state index contributed by atoms with van der Waals surface area (Å²) in [6.45, 7) is 1.28. The van der Waals surface area contributed by atoms with Crippen LogP contribution in [0.25, 0.3) is 0 Å². The van der Waals surface area contributed by atoms with E-state index < -0.39 is 0 Å². The summed E-state index contributed by atoms with van der Waals surface area (Å²) in [5.74, 6) is 0.821. The molecule has 1 aromatic rings. The summed E-state index contributed by atoms with van der Waals surface area (Å²) in [5.41, 5.74) is 2.56. The first kappa shape index (κ1) is 12.2. The summed E-state index contributed by atoms with van der Waals surface area (Å²) < 4.78 is 0. The lowest BCUT2D eigenvalue weighted by Gasteiger charge is -2.31. The number of rotatable bonds is 4. The molecule has 0 spiro atoms. The molecule has 1 fully saturated rings. The lowest BCUT2D eigenvalue weighted by Crippen LogP contribution is -2.45. The minimum Gasteiger partial charge on any atom is -0.394 e. The molecule has 1 atom stereocenters. The second-order valence-electron chi connectivity index (χ2n) is 5.93. The first-order valence-electron chi connectivity index (χ1n) is 7.28. The number of hydrogen-bond donors (Lipinski definition) is 2. The number of nitrogens with one attached hydrogen (secondary N) is 1. The highest BCUT2D eigenvalue weighted by Crippen LogP contribution is 2.37. The molecule has 0 aliphatic heterocycles. The zero-order chi connectivity index (χ0) is 12.4. The summed E-state index contributed by atoms with van der Waals surface area (Å²) in [6, 6.07) is 8.57. The summed E-state index contributed by atoms with van der Waals surface area (Å²) in [7, 11) is 0. The molecule has 1 aromatic carbocycles. The first-order valence-corrected chi connectivity index (χ1v) is 7.28. The maximum absolute atomic E-state index is 9.87. The number of aryl methyl sites for hydroxylation is 1. The van der Waals surface area contributed by atoms with Crippen LogP contribution in [0.15, 0.2) is 24.3 Å². The average Bonchev–Trinajstić information content (AvgIpc) is 3.05. The van der Waals surface area contributed by atoms with E-state index in [1.807, 2.05) is 0 Å². The van der Waals surface area contributed by atoms with Crippen LogP contribution in [0.4, 0.5) is 0 Å². The predicted octanol–water partition coefficient (Wildman–Crippen LogP) is 2.60. The van der Waals surface area contributed by atoms with Gasteiger partial charge in [0.05, 0.1) is 12.1 Å². The van der Waals surface area contributed by atoms with Gasteiger partial charge in [-0.25, -0.2) is 0 Å². The highest BCUT2D eigenvalue weighted by Gasteiger charge is 2.38. The Morgan fingerprint density at radius 2 is 2.00 bits per heavy atom. The highest BCUT2D eigenvalue weighted by atomic mass is 16.3. The zero-order valence-electron chi connectivity index (χ0n) is 11.0. The monoisotopic (exact) mass is 245 g/mol. The van der Waals surface area contributed by atoms with Crippen LogP contribution >= 0.6 is 0 Å². The fourth-order valence-electron chi connectivity index (χ4n) is 3.65. The standard InChI is InChI=1S/C16H23NO/c18-12-16(17-11-13-5-1-2-6-13)10-9-14-7-3-4-8-15(14)16/h3-4,7-8,13,17-18H,1-2,5-6,9-12H2. The van der Waals surface area contributed by atoms with E-state index in [0.29, 0.717) is 0 Å². The molecule has 3 rings (SSSR count). The van der Waals surface area contributed by atoms with E-state index in [9.17, 15) is 5.11 Å². The van der Waals surface area contributed by atoms with Gasteiger partial charge < -0.3 is 10.4 Å². The van der Waals surface area contributed by atoms with Crippen molar-refractivity contribution in [1.29, 1.82) is 0 Å². The van der Waals surface area contributed by atoms with Gasteiger partial charge in [-0.05, 0) is 49.3 Å². The van der Waals surface area contributed by atoms with Gasteiger partial charge in [0.2, 0.25) is 0 Å². The van der Waals surface area contributed by atoms with E-state index in [1.54, 1.807) is 0 Å². The molecule has 2 aliphatic carbocycles. The predicted molar refractivity (Wildman–Crippen MR) is 73.5 cm³/mol. The Hall–Kier alpha value is -0.860. The van der Waals surface area contributed by atoms with Crippen LogP contribution < -0.4 is 5.32 Å². The molecule has 0 heterocycles. The smallest absolute Gasteiger partial charge is 0.0675 e. The normalized spacial score (nSPS) is 27.6. The second kappa shape index (κ2) is 5.02. The van der Waals surface area contributed by atoms with Gasteiger partial charge in [-0.15, -0.1) is 0 Å². The van der Waals surface area contributed by atoms with Crippen LogP contribution in [-0.4, -0.2) is 18.3 Å². The van der Waals surface area contributed by atoms with Gasteiger partial charge in [-0.1, -0.05) is 37.1 Å². The van der Waals surface area contributed by atoms with Crippen molar-refractivity contribution in [2.24, 2.45) is 5.92 Å². The van der Waals surface area contributed by atoms with E-state index in [1.165, 1.54) is 36.8 Å². The highest BCUT2D eigenvalue weighted by molar-refractivity contribution is 5.38. The summed E-state index contributed by atoms with van der Waals surface area (Å²) in [6.07, 6.45) is 7.61. The third-order valence-electron chi connectivity index (χ3n) is 4.83. The fourth-order valence-corrected chi connectivity index (χ4v) is 3.65. The number of fused-ring (bicyclic) bond motifs is 1. The molecular formula is C16H23NO. The Balaban J connectivity index is 1.74. The molecule has 2 N–H and O–H groups in total. The lowest BCUT2D eigenvalue weighted by molar-refractivity contribution is 0.154. The lowest BCUT2D eigenvalue weighted by atomic mass is 9.91. The fraction of sp³-hybridized carbons (Fsp3) is 0.625. The van der Waals surface area contributed by atoms with Crippen molar-refractivity contribution in [3.63, 3.8) is 0 Å². The minimum atomic E-state index is -0.167. The Labute approximate surface area is 109 Å². The molecule has 0 aromatic heterocycles. The largest absolute Gasteiger partial charge is 0.394 e. The maximum atomic E-state index is 9.87. The van der Waals surface area contributed by atoms with Crippen LogP contribution in [0.3, 0.4) is 0 Å².